The smallest absolute Gasteiger partial charge is 0.239 e. The average Bonchev–Trinajstić information content (AvgIpc) is 2.42. The first-order valence-corrected chi connectivity index (χ1v) is 6.01. The van der Waals surface area contributed by atoms with Crippen LogP contribution in [0.5, 0.6) is 0 Å². The summed E-state index contributed by atoms with van der Waals surface area (Å²) >= 11 is 0. The van der Waals surface area contributed by atoms with E-state index in [1.54, 1.807) is 6.92 Å². The van der Waals surface area contributed by atoms with E-state index in [0.717, 1.165) is 11.1 Å². The zero-order valence-corrected chi connectivity index (χ0v) is 13.4. The number of hydrogen-bond acceptors (Lipinski definition) is 4. The van der Waals surface area contributed by atoms with Gasteiger partial charge in [-0.25, -0.2) is 0 Å². The third kappa shape index (κ3) is 8.52. The molecule has 0 heterocycles. The Morgan fingerprint density at radius 1 is 1.38 bits per heavy atom. The number of nitrogens with one attached hydrogen (secondary N) is 1. The van der Waals surface area contributed by atoms with E-state index in [-0.39, 0.29) is 37.3 Å². The van der Waals surface area contributed by atoms with Crippen LogP contribution in [-0.2, 0) is 17.9 Å². The molecule has 0 bridgehead atoms. The van der Waals surface area contributed by atoms with E-state index in [2.05, 4.69) is 10.3 Å². The van der Waals surface area contributed by atoms with Gasteiger partial charge in [-0.1, -0.05) is 24.3 Å². The highest BCUT2D eigenvalue weighted by molar-refractivity contribution is 5.85. The summed E-state index contributed by atoms with van der Waals surface area (Å²) in [7, 11) is 0. The van der Waals surface area contributed by atoms with Crippen molar-refractivity contribution in [2.45, 2.75) is 26.1 Å². The van der Waals surface area contributed by atoms with Gasteiger partial charge in [-0.15, -0.1) is 24.8 Å². The molecule has 0 fully saturated rings. The van der Waals surface area contributed by atoms with Crippen LogP contribution in [-0.4, -0.2) is 29.5 Å². The first-order valence-electron chi connectivity index (χ1n) is 6.01. The fourth-order valence-corrected chi connectivity index (χ4v) is 1.46. The van der Waals surface area contributed by atoms with Gasteiger partial charge in [-0.3, -0.25) is 9.79 Å². The summed E-state index contributed by atoms with van der Waals surface area (Å²) in [6.07, 6.45) is 0. The van der Waals surface area contributed by atoms with Crippen molar-refractivity contribution in [3.8, 4) is 0 Å². The highest BCUT2D eigenvalue weighted by Crippen LogP contribution is 2.06. The van der Waals surface area contributed by atoms with Crippen molar-refractivity contribution in [2.75, 3.05) is 6.61 Å². The summed E-state index contributed by atoms with van der Waals surface area (Å²) in [4.78, 5) is 15.5. The molecule has 0 spiro atoms. The third-order valence-electron chi connectivity index (χ3n) is 2.50. The average molecular weight is 337 g/mol. The van der Waals surface area contributed by atoms with E-state index in [1.807, 2.05) is 24.3 Å². The summed E-state index contributed by atoms with van der Waals surface area (Å²) in [6, 6.07) is 6.79. The Balaban J connectivity index is 0. The number of nitrogens with two attached hydrogens (primary N) is 2. The molecule has 0 radical (unpaired) electrons. The molecule has 0 aliphatic heterocycles. The van der Waals surface area contributed by atoms with Crippen molar-refractivity contribution >= 4 is 36.6 Å². The second kappa shape index (κ2) is 11.3. The van der Waals surface area contributed by atoms with Crippen molar-refractivity contribution in [1.82, 2.24) is 5.32 Å². The fraction of sp³-hybridized carbons (Fsp3) is 0.385. The molecule has 1 rings (SSSR count). The summed E-state index contributed by atoms with van der Waals surface area (Å²) < 4.78 is 0. The maximum Gasteiger partial charge on any atom is 0.239 e. The Hall–Kier alpha value is -1.34. The maximum atomic E-state index is 11.4. The molecule has 1 aromatic carbocycles. The lowest BCUT2D eigenvalue weighted by Crippen LogP contribution is -2.42. The topological polar surface area (TPSA) is 114 Å². The van der Waals surface area contributed by atoms with Gasteiger partial charge in [0.2, 0.25) is 5.91 Å². The summed E-state index contributed by atoms with van der Waals surface area (Å²) in [5, 5.41) is 11.4. The van der Waals surface area contributed by atoms with Crippen molar-refractivity contribution in [3.63, 3.8) is 0 Å². The molecule has 1 amide bonds. The number of aliphatic imine (C=N–C) groups is 1. The third-order valence-corrected chi connectivity index (χ3v) is 2.50. The number of nitrogens with zero attached hydrogens (tertiary/aromatic N) is 1. The highest BCUT2D eigenvalue weighted by Gasteiger charge is 2.10. The lowest BCUT2D eigenvalue weighted by molar-refractivity contribution is -0.123. The van der Waals surface area contributed by atoms with Gasteiger partial charge in [-0.05, 0) is 18.1 Å². The van der Waals surface area contributed by atoms with E-state index in [1.165, 1.54) is 0 Å². The summed E-state index contributed by atoms with van der Waals surface area (Å²) in [5.74, 6) is 0.163. The number of hydrogen-bond donors (Lipinski definition) is 4. The Bertz CT molecular complexity index is 465. The largest absolute Gasteiger partial charge is 0.394 e. The fourth-order valence-electron chi connectivity index (χ4n) is 1.46. The first kappa shape index (κ1) is 21.9. The molecule has 1 atom stereocenters. The van der Waals surface area contributed by atoms with Gasteiger partial charge in [0.25, 0.3) is 0 Å². The van der Waals surface area contributed by atoms with Crippen molar-refractivity contribution in [1.29, 1.82) is 0 Å². The number of aliphatic hydroxyl groups is 1. The molecule has 0 aromatic heterocycles. The maximum absolute atomic E-state index is 11.4. The second-order valence-electron chi connectivity index (χ2n) is 4.28. The van der Waals surface area contributed by atoms with Crippen LogP contribution >= 0.6 is 24.8 Å². The van der Waals surface area contributed by atoms with Crippen LogP contribution in [0.3, 0.4) is 0 Å². The monoisotopic (exact) mass is 336 g/mol. The second-order valence-corrected chi connectivity index (χ2v) is 4.28. The molecule has 0 unspecified atom stereocenters. The minimum absolute atomic E-state index is 0. The van der Waals surface area contributed by atoms with E-state index >= 15 is 0 Å². The first-order chi connectivity index (χ1) is 9.02. The number of carbonyl (C=O) groups excluding carboxylic acids is 1. The molecule has 8 heteroatoms. The summed E-state index contributed by atoms with van der Waals surface area (Å²) in [6.45, 7) is 2.25. The number of amidine groups is 1. The van der Waals surface area contributed by atoms with Gasteiger partial charge in [-0.2, -0.15) is 0 Å². The van der Waals surface area contributed by atoms with Crippen LogP contribution in [0.1, 0.15) is 18.1 Å². The van der Waals surface area contributed by atoms with Gasteiger partial charge >= 0.3 is 0 Å². The van der Waals surface area contributed by atoms with Crippen molar-refractivity contribution < 1.29 is 9.90 Å². The van der Waals surface area contributed by atoms with E-state index in [4.69, 9.17) is 16.6 Å². The van der Waals surface area contributed by atoms with E-state index in [0.29, 0.717) is 18.9 Å². The molecule has 6 nitrogen and oxygen atoms in total. The minimum Gasteiger partial charge on any atom is -0.394 e. The Morgan fingerprint density at radius 2 is 2.00 bits per heavy atom. The number of benzene rings is 1. The van der Waals surface area contributed by atoms with Gasteiger partial charge < -0.3 is 21.9 Å². The SMILES string of the molecule is CC(N)=NCc1cccc(CNC(=O)[C@@H](N)CO)c1.Cl.Cl. The molecular formula is C13H22Cl2N4O2. The van der Waals surface area contributed by atoms with E-state index < -0.39 is 6.04 Å². The van der Waals surface area contributed by atoms with Crippen LogP contribution in [0.2, 0.25) is 0 Å². The molecule has 21 heavy (non-hydrogen) atoms. The number of carbonyl (C=O) groups is 1. The predicted molar refractivity (Wildman–Crippen MR) is 88.8 cm³/mol. The Labute approximate surface area is 136 Å². The Morgan fingerprint density at radius 3 is 2.57 bits per heavy atom. The van der Waals surface area contributed by atoms with Crippen LogP contribution in [0, 0.1) is 0 Å². The molecular weight excluding hydrogens is 315 g/mol. The number of halogens is 2. The highest BCUT2D eigenvalue weighted by atomic mass is 35.5. The zero-order chi connectivity index (χ0) is 14.3. The normalized spacial score (nSPS) is 11.9. The van der Waals surface area contributed by atoms with Crippen LogP contribution in [0.4, 0.5) is 0 Å². The summed E-state index contributed by atoms with van der Waals surface area (Å²) in [5.41, 5.74) is 12.8. The molecule has 120 valence electrons. The van der Waals surface area contributed by atoms with Crippen LogP contribution in [0.15, 0.2) is 29.3 Å². The van der Waals surface area contributed by atoms with Crippen molar-refractivity contribution in [3.05, 3.63) is 35.4 Å². The lowest BCUT2D eigenvalue weighted by atomic mass is 10.1. The standard InChI is InChI=1S/C13H20N4O2.2ClH/c1-9(14)16-6-10-3-2-4-11(5-10)7-17-13(19)12(15)8-18;;/h2-5,12,18H,6-8,15H2,1H3,(H2,14,16)(H,17,19);2*1H/t12-;;/m0../s1. The minimum atomic E-state index is -0.882. The van der Waals surface area contributed by atoms with Gasteiger partial charge in [0.1, 0.15) is 6.04 Å². The molecule has 1 aromatic rings. The van der Waals surface area contributed by atoms with Crippen molar-refractivity contribution in [2.24, 2.45) is 16.5 Å². The number of amides is 1. The Kier molecular flexibility index (Phi) is 11.8. The molecule has 0 aliphatic carbocycles. The predicted octanol–water partition coefficient (Wildman–Crippen LogP) is 0.343. The van der Waals surface area contributed by atoms with Gasteiger partial charge in [0, 0.05) is 6.54 Å². The molecule has 0 saturated heterocycles. The zero-order valence-electron chi connectivity index (χ0n) is 11.8. The molecule has 0 aliphatic rings. The molecule has 6 N–H and O–H groups in total. The van der Waals surface area contributed by atoms with E-state index in [9.17, 15) is 4.79 Å². The van der Waals surface area contributed by atoms with Gasteiger partial charge in [0.05, 0.1) is 19.0 Å². The number of rotatable bonds is 6. The number of aliphatic hydroxyl groups excluding tert-OH is 1. The van der Waals surface area contributed by atoms with Crippen LogP contribution < -0.4 is 16.8 Å². The molecule has 0 saturated carbocycles. The lowest BCUT2D eigenvalue weighted by Gasteiger charge is -2.10. The van der Waals surface area contributed by atoms with Crippen LogP contribution in [0.25, 0.3) is 0 Å². The van der Waals surface area contributed by atoms with Gasteiger partial charge in [0.15, 0.2) is 0 Å². The quantitative estimate of drug-likeness (QED) is 0.443.